The Morgan fingerprint density at radius 2 is 2.11 bits per heavy atom. The molecule has 4 nitrogen and oxygen atoms in total. The summed E-state index contributed by atoms with van der Waals surface area (Å²) in [5, 5.41) is 9.52. The van der Waals surface area contributed by atoms with Gasteiger partial charge in [-0.15, -0.1) is 0 Å². The predicted molar refractivity (Wildman–Crippen MR) is 76.6 cm³/mol. The monoisotopic (exact) mass is 323 g/mol. The number of amides is 1. The van der Waals surface area contributed by atoms with Crippen molar-refractivity contribution >= 4 is 21.8 Å². The van der Waals surface area contributed by atoms with Gasteiger partial charge in [-0.25, -0.2) is 0 Å². The average molecular weight is 324 g/mol. The van der Waals surface area contributed by atoms with Crippen molar-refractivity contribution in [3.63, 3.8) is 0 Å². The van der Waals surface area contributed by atoms with Crippen LogP contribution in [0.25, 0.3) is 0 Å². The van der Waals surface area contributed by atoms with Gasteiger partial charge in [-0.2, -0.15) is 5.26 Å². The normalized spacial score (nSPS) is 17.8. The molecule has 1 aliphatic rings. The molecular formula is C14H18BrN3O. The highest BCUT2D eigenvalue weighted by Crippen LogP contribution is 2.33. The van der Waals surface area contributed by atoms with Crippen LogP contribution in [0, 0.1) is 11.3 Å². The van der Waals surface area contributed by atoms with Crippen LogP contribution in [0.4, 0.5) is 0 Å². The van der Waals surface area contributed by atoms with Crippen LogP contribution in [0.2, 0.25) is 0 Å². The van der Waals surface area contributed by atoms with E-state index in [1.165, 1.54) is 0 Å². The van der Waals surface area contributed by atoms with Crippen LogP contribution in [0.3, 0.4) is 0 Å². The molecule has 19 heavy (non-hydrogen) atoms. The Hall–Kier alpha value is -1.28. The van der Waals surface area contributed by atoms with Crippen molar-refractivity contribution in [3.8, 4) is 6.07 Å². The Balaban J connectivity index is 2.28. The SMILES string of the molecule is CN(C(=O)c1cc(Br)cn1C)C1(C#N)CCCCC1. The van der Waals surface area contributed by atoms with Crippen LogP contribution < -0.4 is 0 Å². The zero-order valence-corrected chi connectivity index (χ0v) is 12.9. The quantitative estimate of drug-likeness (QED) is 0.839. The van der Waals surface area contributed by atoms with E-state index in [-0.39, 0.29) is 5.91 Å². The lowest BCUT2D eigenvalue weighted by Gasteiger charge is -2.39. The van der Waals surface area contributed by atoms with Crippen molar-refractivity contribution in [1.29, 1.82) is 5.26 Å². The lowest BCUT2D eigenvalue weighted by Crippen LogP contribution is -2.50. The number of hydrogen-bond acceptors (Lipinski definition) is 2. The molecule has 1 aromatic rings. The highest BCUT2D eigenvalue weighted by atomic mass is 79.9. The standard InChI is InChI=1S/C14H18BrN3O/c1-17-9-11(15)8-12(17)13(19)18(2)14(10-16)6-4-3-5-7-14/h8-9H,3-7H2,1-2H3. The van der Waals surface area contributed by atoms with E-state index in [2.05, 4.69) is 22.0 Å². The van der Waals surface area contributed by atoms with Gasteiger partial charge >= 0.3 is 0 Å². The number of halogens is 1. The summed E-state index contributed by atoms with van der Waals surface area (Å²) in [5.74, 6) is -0.0864. The number of hydrogen-bond donors (Lipinski definition) is 0. The number of rotatable bonds is 2. The third-order valence-corrected chi connectivity index (χ3v) is 4.46. The minimum Gasteiger partial charge on any atom is -0.345 e. The molecule has 0 N–H and O–H groups in total. The zero-order valence-electron chi connectivity index (χ0n) is 11.3. The second kappa shape index (κ2) is 5.38. The van der Waals surface area contributed by atoms with E-state index in [0.717, 1.165) is 36.6 Å². The summed E-state index contributed by atoms with van der Waals surface area (Å²) in [4.78, 5) is 14.2. The molecule has 1 aliphatic carbocycles. The van der Waals surface area contributed by atoms with Gasteiger partial charge in [-0.3, -0.25) is 4.79 Å². The Morgan fingerprint density at radius 3 is 2.58 bits per heavy atom. The third kappa shape index (κ3) is 2.55. The highest BCUT2D eigenvalue weighted by Gasteiger charge is 2.39. The lowest BCUT2D eigenvalue weighted by molar-refractivity contribution is 0.0579. The maximum absolute atomic E-state index is 12.6. The van der Waals surface area contributed by atoms with Crippen molar-refractivity contribution in [1.82, 2.24) is 9.47 Å². The second-order valence-corrected chi connectivity index (χ2v) is 6.14. The molecule has 1 aromatic heterocycles. The number of carbonyl (C=O) groups excluding carboxylic acids is 1. The van der Waals surface area contributed by atoms with E-state index < -0.39 is 5.54 Å². The predicted octanol–water partition coefficient (Wildman–Crippen LogP) is 3.09. The van der Waals surface area contributed by atoms with Gasteiger partial charge in [0.05, 0.1) is 6.07 Å². The van der Waals surface area contributed by atoms with Crippen LogP contribution in [-0.4, -0.2) is 28.0 Å². The maximum atomic E-state index is 12.6. The summed E-state index contributed by atoms with van der Waals surface area (Å²) in [7, 11) is 3.59. The topological polar surface area (TPSA) is 49.0 Å². The Morgan fingerprint density at radius 1 is 1.47 bits per heavy atom. The average Bonchev–Trinajstić information content (AvgIpc) is 2.76. The fraction of sp³-hybridized carbons (Fsp3) is 0.571. The molecule has 0 saturated heterocycles. The van der Waals surface area contributed by atoms with Crippen LogP contribution in [0.15, 0.2) is 16.7 Å². The van der Waals surface area contributed by atoms with E-state index in [1.807, 2.05) is 13.2 Å². The number of aryl methyl sites for hydroxylation is 1. The molecular weight excluding hydrogens is 306 g/mol. The fourth-order valence-corrected chi connectivity index (χ4v) is 3.29. The summed E-state index contributed by atoms with van der Waals surface area (Å²) in [6, 6.07) is 4.18. The first-order valence-electron chi connectivity index (χ1n) is 6.51. The number of nitrogens with zero attached hydrogens (tertiary/aromatic N) is 3. The van der Waals surface area contributed by atoms with E-state index in [1.54, 1.807) is 22.6 Å². The van der Waals surface area contributed by atoms with Gasteiger partial charge in [0.1, 0.15) is 11.2 Å². The molecule has 1 heterocycles. The van der Waals surface area contributed by atoms with Crippen molar-refractivity contribution in [2.45, 2.75) is 37.6 Å². The smallest absolute Gasteiger partial charge is 0.271 e. The molecule has 0 radical (unpaired) electrons. The van der Waals surface area contributed by atoms with Gasteiger partial charge < -0.3 is 9.47 Å². The summed E-state index contributed by atoms with van der Waals surface area (Å²) >= 11 is 3.37. The highest BCUT2D eigenvalue weighted by molar-refractivity contribution is 9.10. The Bertz CT molecular complexity index is 523. The molecule has 2 rings (SSSR count). The van der Waals surface area contributed by atoms with Gasteiger partial charge in [0.2, 0.25) is 0 Å². The zero-order chi connectivity index (χ0) is 14.0. The van der Waals surface area contributed by atoms with Crippen LogP contribution in [0.1, 0.15) is 42.6 Å². The molecule has 5 heteroatoms. The van der Waals surface area contributed by atoms with Gasteiger partial charge in [0, 0.05) is 24.8 Å². The van der Waals surface area contributed by atoms with Crippen LogP contribution in [-0.2, 0) is 7.05 Å². The summed E-state index contributed by atoms with van der Waals surface area (Å²) in [6.45, 7) is 0. The van der Waals surface area contributed by atoms with Gasteiger partial charge in [-0.05, 0) is 34.8 Å². The van der Waals surface area contributed by atoms with Crippen molar-refractivity contribution in [2.75, 3.05) is 7.05 Å². The summed E-state index contributed by atoms with van der Waals surface area (Å²) < 4.78 is 2.66. The molecule has 0 spiro atoms. The van der Waals surface area contributed by atoms with E-state index >= 15 is 0 Å². The summed E-state index contributed by atoms with van der Waals surface area (Å²) in [6.07, 6.45) is 6.58. The second-order valence-electron chi connectivity index (χ2n) is 5.22. The Kier molecular flexibility index (Phi) is 4.00. The first kappa shape index (κ1) is 14.1. The molecule has 102 valence electrons. The van der Waals surface area contributed by atoms with E-state index in [4.69, 9.17) is 0 Å². The third-order valence-electron chi connectivity index (χ3n) is 4.03. The number of carbonyl (C=O) groups is 1. The van der Waals surface area contributed by atoms with Gasteiger partial charge in [0.25, 0.3) is 5.91 Å². The van der Waals surface area contributed by atoms with Gasteiger partial charge in [0.15, 0.2) is 0 Å². The van der Waals surface area contributed by atoms with Crippen molar-refractivity contribution in [3.05, 3.63) is 22.4 Å². The number of aromatic nitrogens is 1. The minimum atomic E-state index is -0.633. The van der Waals surface area contributed by atoms with Gasteiger partial charge in [-0.1, -0.05) is 19.3 Å². The first-order chi connectivity index (χ1) is 9.00. The number of nitriles is 1. The largest absolute Gasteiger partial charge is 0.345 e. The molecule has 0 unspecified atom stereocenters. The molecule has 1 saturated carbocycles. The lowest BCUT2D eigenvalue weighted by atomic mass is 9.81. The molecule has 0 bridgehead atoms. The van der Waals surface area contributed by atoms with E-state index in [9.17, 15) is 10.1 Å². The molecule has 0 atom stereocenters. The van der Waals surface area contributed by atoms with Crippen molar-refractivity contribution in [2.24, 2.45) is 7.05 Å². The molecule has 0 aromatic carbocycles. The first-order valence-corrected chi connectivity index (χ1v) is 7.31. The van der Waals surface area contributed by atoms with Crippen LogP contribution in [0.5, 0.6) is 0 Å². The minimum absolute atomic E-state index is 0.0864. The fourth-order valence-electron chi connectivity index (χ4n) is 2.76. The van der Waals surface area contributed by atoms with E-state index in [0.29, 0.717) is 5.69 Å². The van der Waals surface area contributed by atoms with Crippen LogP contribution >= 0.6 is 15.9 Å². The molecule has 0 aliphatic heterocycles. The Labute approximate surface area is 122 Å². The molecule has 1 amide bonds. The molecule has 1 fully saturated rings. The maximum Gasteiger partial charge on any atom is 0.271 e. The summed E-state index contributed by atoms with van der Waals surface area (Å²) in [5.41, 5.74) is -0.0268. The van der Waals surface area contributed by atoms with Crippen molar-refractivity contribution < 1.29 is 4.79 Å².